The van der Waals surface area contributed by atoms with Gasteiger partial charge in [-0.15, -0.1) is 0 Å². The Labute approximate surface area is 136 Å². The number of amides is 1. The van der Waals surface area contributed by atoms with E-state index in [4.69, 9.17) is 0 Å². The summed E-state index contributed by atoms with van der Waals surface area (Å²) < 4.78 is 0. The van der Waals surface area contributed by atoms with E-state index in [2.05, 4.69) is 16.4 Å². The zero-order valence-electron chi connectivity index (χ0n) is 13.9. The summed E-state index contributed by atoms with van der Waals surface area (Å²) in [4.78, 5) is 17.4. The van der Waals surface area contributed by atoms with Crippen molar-refractivity contribution in [3.63, 3.8) is 0 Å². The number of anilines is 1. The van der Waals surface area contributed by atoms with Crippen LogP contribution in [0.1, 0.15) is 32.7 Å². The number of nitrogens with zero attached hydrogens (tertiary/aromatic N) is 1. The number of nitrogens with one attached hydrogen (secondary N) is 1. The van der Waals surface area contributed by atoms with Crippen LogP contribution in [0.5, 0.6) is 0 Å². The predicted molar refractivity (Wildman–Crippen MR) is 95.1 cm³/mol. The van der Waals surface area contributed by atoms with Gasteiger partial charge in [-0.1, -0.05) is 35.9 Å². The first kappa shape index (κ1) is 15.2. The fourth-order valence-corrected chi connectivity index (χ4v) is 3.00. The molecule has 116 valence electrons. The van der Waals surface area contributed by atoms with E-state index < -0.39 is 0 Å². The van der Waals surface area contributed by atoms with Gasteiger partial charge in [-0.25, -0.2) is 0 Å². The first-order valence-electron chi connectivity index (χ1n) is 7.72. The summed E-state index contributed by atoms with van der Waals surface area (Å²) in [5.41, 5.74) is 6.38. The van der Waals surface area contributed by atoms with Gasteiger partial charge in [0.2, 0.25) is 0 Å². The molecule has 23 heavy (non-hydrogen) atoms. The lowest BCUT2D eigenvalue weighted by molar-refractivity contribution is 0.102. The van der Waals surface area contributed by atoms with E-state index >= 15 is 0 Å². The third-order valence-corrected chi connectivity index (χ3v) is 4.19. The molecule has 1 N–H and O–H groups in total. The molecular formula is C20H20N2O. The first-order valence-corrected chi connectivity index (χ1v) is 7.72. The zero-order valence-corrected chi connectivity index (χ0v) is 13.9. The second-order valence-electron chi connectivity index (χ2n) is 5.99. The molecule has 0 saturated heterocycles. The van der Waals surface area contributed by atoms with E-state index in [9.17, 15) is 4.79 Å². The molecule has 0 bridgehead atoms. The molecule has 1 heterocycles. The van der Waals surface area contributed by atoms with Crippen molar-refractivity contribution in [3.05, 3.63) is 70.4 Å². The van der Waals surface area contributed by atoms with Crippen LogP contribution in [0.4, 0.5) is 5.69 Å². The number of para-hydroxylation sites is 1. The number of rotatable bonds is 2. The summed E-state index contributed by atoms with van der Waals surface area (Å²) in [5.74, 6) is -0.106. The molecule has 2 aromatic carbocycles. The summed E-state index contributed by atoms with van der Waals surface area (Å²) in [6.07, 6.45) is 0. The monoisotopic (exact) mass is 304 g/mol. The number of aryl methyl sites for hydroxylation is 4. The van der Waals surface area contributed by atoms with Crippen molar-refractivity contribution in [2.45, 2.75) is 27.7 Å². The number of carbonyl (C=O) groups excluding carboxylic acids is 1. The number of hydrogen-bond acceptors (Lipinski definition) is 2. The van der Waals surface area contributed by atoms with Crippen LogP contribution in [0.25, 0.3) is 10.9 Å². The topological polar surface area (TPSA) is 42.0 Å². The van der Waals surface area contributed by atoms with E-state index in [0.29, 0.717) is 5.56 Å². The van der Waals surface area contributed by atoms with Crippen LogP contribution in [0.3, 0.4) is 0 Å². The number of hydrogen-bond donors (Lipinski definition) is 1. The highest BCUT2D eigenvalue weighted by Crippen LogP contribution is 2.24. The molecule has 3 aromatic rings. The van der Waals surface area contributed by atoms with Gasteiger partial charge in [0.05, 0.1) is 16.8 Å². The SMILES string of the molecule is Cc1ccc(NC(=O)c2c(C)nc3ccccc3c2C)c(C)c1. The van der Waals surface area contributed by atoms with Crippen LogP contribution in [0.15, 0.2) is 42.5 Å². The van der Waals surface area contributed by atoms with Crippen LogP contribution in [-0.4, -0.2) is 10.9 Å². The van der Waals surface area contributed by atoms with Gasteiger partial charge in [-0.2, -0.15) is 0 Å². The molecule has 0 aliphatic carbocycles. The van der Waals surface area contributed by atoms with Crippen molar-refractivity contribution >= 4 is 22.5 Å². The Kier molecular flexibility index (Phi) is 3.87. The molecule has 0 saturated carbocycles. The van der Waals surface area contributed by atoms with Crippen molar-refractivity contribution in [3.8, 4) is 0 Å². The molecule has 3 rings (SSSR count). The largest absolute Gasteiger partial charge is 0.322 e. The number of pyridine rings is 1. The molecule has 1 amide bonds. The highest BCUT2D eigenvalue weighted by molar-refractivity contribution is 6.08. The molecule has 0 aliphatic rings. The zero-order chi connectivity index (χ0) is 16.6. The molecule has 0 unspecified atom stereocenters. The lowest BCUT2D eigenvalue weighted by Crippen LogP contribution is -2.17. The molecular weight excluding hydrogens is 284 g/mol. The van der Waals surface area contributed by atoms with Crippen molar-refractivity contribution in [1.29, 1.82) is 0 Å². The van der Waals surface area contributed by atoms with Crippen LogP contribution < -0.4 is 5.32 Å². The molecule has 0 fully saturated rings. The maximum Gasteiger partial charge on any atom is 0.257 e. The highest BCUT2D eigenvalue weighted by Gasteiger charge is 2.17. The Balaban J connectivity index is 2.04. The van der Waals surface area contributed by atoms with Gasteiger partial charge in [0.25, 0.3) is 5.91 Å². The summed E-state index contributed by atoms with van der Waals surface area (Å²) in [5, 5.41) is 4.04. The minimum absolute atomic E-state index is 0.106. The van der Waals surface area contributed by atoms with Gasteiger partial charge in [0, 0.05) is 11.1 Å². The minimum Gasteiger partial charge on any atom is -0.322 e. The number of aromatic nitrogens is 1. The van der Waals surface area contributed by atoms with E-state index in [-0.39, 0.29) is 5.91 Å². The smallest absolute Gasteiger partial charge is 0.257 e. The molecule has 0 radical (unpaired) electrons. The maximum atomic E-state index is 12.8. The van der Waals surface area contributed by atoms with Gasteiger partial charge in [-0.3, -0.25) is 9.78 Å². The summed E-state index contributed by atoms with van der Waals surface area (Å²) in [6.45, 7) is 7.91. The van der Waals surface area contributed by atoms with Gasteiger partial charge in [-0.05, 0) is 51.0 Å². The molecule has 0 aliphatic heterocycles. The third-order valence-electron chi connectivity index (χ3n) is 4.19. The molecule has 3 heteroatoms. The Bertz CT molecular complexity index is 913. The first-order chi connectivity index (χ1) is 11.0. The molecule has 1 aromatic heterocycles. The quantitative estimate of drug-likeness (QED) is 0.744. The normalized spacial score (nSPS) is 10.8. The maximum absolute atomic E-state index is 12.8. The lowest BCUT2D eigenvalue weighted by atomic mass is 10.0. The van der Waals surface area contributed by atoms with Crippen molar-refractivity contribution in [2.24, 2.45) is 0 Å². The van der Waals surface area contributed by atoms with Crippen LogP contribution in [-0.2, 0) is 0 Å². The fourth-order valence-electron chi connectivity index (χ4n) is 3.00. The van der Waals surface area contributed by atoms with Gasteiger partial charge < -0.3 is 5.32 Å². The molecule has 3 nitrogen and oxygen atoms in total. The van der Waals surface area contributed by atoms with E-state index in [1.807, 2.05) is 64.1 Å². The van der Waals surface area contributed by atoms with Crippen molar-refractivity contribution in [1.82, 2.24) is 4.98 Å². The average Bonchev–Trinajstić information content (AvgIpc) is 2.50. The van der Waals surface area contributed by atoms with Crippen molar-refractivity contribution < 1.29 is 4.79 Å². The predicted octanol–water partition coefficient (Wildman–Crippen LogP) is 4.72. The van der Waals surface area contributed by atoms with Crippen molar-refractivity contribution in [2.75, 3.05) is 5.32 Å². The third kappa shape index (κ3) is 2.82. The van der Waals surface area contributed by atoms with Gasteiger partial charge >= 0.3 is 0 Å². The van der Waals surface area contributed by atoms with Crippen LogP contribution >= 0.6 is 0 Å². The number of fused-ring (bicyclic) bond motifs is 1. The molecule has 0 atom stereocenters. The van der Waals surface area contributed by atoms with Crippen LogP contribution in [0.2, 0.25) is 0 Å². The van der Waals surface area contributed by atoms with Gasteiger partial charge in [0.1, 0.15) is 0 Å². The standard InChI is InChI=1S/C20H20N2O/c1-12-9-10-17(13(2)11-12)22-20(23)19-14(3)16-7-5-6-8-18(16)21-15(19)4/h5-11H,1-4H3,(H,22,23). The van der Waals surface area contributed by atoms with E-state index in [1.165, 1.54) is 5.56 Å². The summed E-state index contributed by atoms with van der Waals surface area (Å²) >= 11 is 0. The molecule has 0 spiro atoms. The van der Waals surface area contributed by atoms with E-state index in [1.54, 1.807) is 0 Å². The Morgan fingerprint density at radius 1 is 1.00 bits per heavy atom. The summed E-state index contributed by atoms with van der Waals surface area (Å²) in [6, 6.07) is 13.9. The fraction of sp³-hybridized carbons (Fsp3) is 0.200. The second-order valence-corrected chi connectivity index (χ2v) is 5.99. The van der Waals surface area contributed by atoms with Crippen LogP contribution in [0, 0.1) is 27.7 Å². The average molecular weight is 304 g/mol. The van der Waals surface area contributed by atoms with Gasteiger partial charge in [0.15, 0.2) is 0 Å². The Morgan fingerprint density at radius 2 is 1.74 bits per heavy atom. The number of carbonyl (C=O) groups is 1. The Morgan fingerprint density at radius 3 is 2.48 bits per heavy atom. The Hall–Kier alpha value is -2.68. The lowest BCUT2D eigenvalue weighted by Gasteiger charge is -2.14. The van der Waals surface area contributed by atoms with E-state index in [0.717, 1.165) is 33.4 Å². The highest BCUT2D eigenvalue weighted by atomic mass is 16.1. The summed E-state index contributed by atoms with van der Waals surface area (Å²) in [7, 11) is 0. The second kappa shape index (κ2) is 5.84. The minimum atomic E-state index is -0.106. The number of benzene rings is 2.